The summed E-state index contributed by atoms with van der Waals surface area (Å²) in [6.07, 6.45) is 0. The average Bonchev–Trinajstić information content (AvgIpc) is 2.89. The molecule has 4 nitrogen and oxygen atoms in total. The Bertz CT molecular complexity index is 783. The van der Waals surface area contributed by atoms with Gasteiger partial charge in [0, 0.05) is 4.90 Å². The SMILES string of the molecule is O=C(O)c1cc(SCc2nc3ccccc3[nH]2)ccc1Cl. The molecule has 6 heteroatoms. The third kappa shape index (κ3) is 3.04. The van der Waals surface area contributed by atoms with E-state index in [0.717, 1.165) is 21.8 Å². The van der Waals surface area contributed by atoms with Crippen molar-refractivity contribution < 1.29 is 9.90 Å². The van der Waals surface area contributed by atoms with Crippen molar-refractivity contribution >= 4 is 40.4 Å². The molecule has 1 heterocycles. The third-order valence-corrected chi connectivity index (χ3v) is 4.32. The summed E-state index contributed by atoms with van der Waals surface area (Å²) < 4.78 is 0. The fourth-order valence-electron chi connectivity index (χ4n) is 1.98. The van der Waals surface area contributed by atoms with Gasteiger partial charge < -0.3 is 10.1 Å². The molecule has 0 aliphatic carbocycles. The number of benzene rings is 2. The zero-order valence-electron chi connectivity index (χ0n) is 10.8. The summed E-state index contributed by atoms with van der Waals surface area (Å²) in [6, 6.07) is 12.8. The van der Waals surface area contributed by atoms with Crippen LogP contribution >= 0.6 is 23.4 Å². The lowest BCUT2D eigenvalue weighted by Gasteiger charge is -2.03. The molecule has 0 atom stereocenters. The number of carboxylic acid groups (broad SMARTS) is 1. The summed E-state index contributed by atoms with van der Waals surface area (Å²) in [5.74, 6) is 0.467. The number of imidazole rings is 1. The molecule has 1 aromatic heterocycles. The van der Waals surface area contributed by atoms with Gasteiger partial charge in [0.05, 0.1) is 27.4 Å². The zero-order chi connectivity index (χ0) is 14.8. The number of nitrogens with zero attached hydrogens (tertiary/aromatic N) is 1. The van der Waals surface area contributed by atoms with Crippen LogP contribution in [0.1, 0.15) is 16.2 Å². The standard InChI is InChI=1S/C15H11ClN2O2S/c16-11-6-5-9(7-10(11)15(19)20)21-8-14-17-12-3-1-2-4-13(12)18-14/h1-7H,8H2,(H,17,18)(H,19,20). The minimum Gasteiger partial charge on any atom is -0.478 e. The molecule has 0 aliphatic heterocycles. The number of halogens is 1. The summed E-state index contributed by atoms with van der Waals surface area (Å²) >= 11 is 7.37. The molecule has 0 amide bonds. The van der Waals surface area contributed by atoms with Gasteiger partial charge in [0.25, 0.3) is 0 Å². The number of carbonyl (C=O) groups is 1. The van der Waals surface area contributed by atoms with Crippen molar-refractivity contribution in [3.8, 4) is 0 Å². The molecule has 0 unspecified atom stereocenters. The van der Waals surface area contributed by atoms with E-state index in [9.17, 15) is 4.79 Å². The Morgan fingerprint density at radius 2 is 2.10 bits per heavy atom. The minimum absolute atomic E-state index is 0.117. The molecule has 106 valence electrons. The highest BCUT2D eigenvalue weighted by Gasteiger charge is 2.10. The molecule has 0 saturated carbocycles. The highest BCUT2D eigenvalue weighted by atomic mass is 35.5. The Labute approximate surface area is 130 Å². The number of carboxylic acids is 1. The Morgan fingerprint density at radius 3 is 2.86 bits per heavy atom. The Balaban J connectivity index is 1.78. The lowest BCUT2D eigenvalue weighted by molar-refractivity contribution is 0.0697. The van der Waals surface area contributed by atoms with Crippen LogP contribution in [0.4, 0.5) is 0 Å². The van der Waals surface area contributed by atoms with Gasteiger partial charge in [-0.25, -0.2) is 9.78 Å². The van der Waals surface area contributed by atoms with Crippen LogP contribution in [0.15, 0.2) is 47.4 Å². The number of nitrogens with one attached hydrogen (secondary N) is 1. The Kier molecular flexibility index (Phi) is 3.86. The van der Waals surface area contributed by atoms with Gasteiger partial charge in [-0.05, 0) is 30.3 Å². The second kappa shape index (κ2) is 5.79. The molecule has 0 radical (unpaired) electrons. The maximum Gasteiger partial charge on any atom is 0.337 e. The van der Waals surface area contributed by atoms with Gasteiger partial charge in [-0.3, -0.25) is 0 Å². The molecule has 0 fully saturated rings. The van der Waals surface area contributed by atoms with Gasteiger partial charge in [0.15, 0.2) is 0 Å². The molecule has 21 heavy (non-hydrogen) atoms. The van der Waals surface area contributed by atoms with Crippen LogP contribution in [0.5, 0.6) is 0 Å². The molecular formula is C15H11ClN2O2S. The maximum atomic E-state index is 11.1. The van der Waals surface area contributed by atoms with Crippen molar-refractivity contribution in [2.24, 2.45) is 0 Å². The van der Waals surface area contributed by atoms with E-state index in [2.05, 4.69) is 9.97 Å². The molecule has 2 aromatic carbocycles. The van der Waals surface area contributed by atoms with Crippen molar-refractivity contribution in [3.63, 3.8) is 0 Å². The molecule has 0 bridgehead atoms. The van der Waals surface area contributed by atoms with Crippen LogP contribution in [-0.2, 0) is 5.75 Å². The number of aromatic nitrogens is 2. The number of rotatable bonds is 4. The largest absolute Gasteiger partial charge is 0.478 e. The first-order valence-electron chi connectivity index (χ1n) is 6.23. The van der Waals surface area contributed by atoms with E-state index in [0.29, 0.717) is 5.75 Å². The average molecular weight is 319 g/mol. The zero-order valence-corrected chi connectivity index (χ0v) is 12.4. The summed E-state index contributed by atoms with van der Waals surface area (Å²) in [5.41, 5.74) is 2.04. The minimum atomic E-state index is -1.02. The summed E-state index contributed by atoms with van der Waals surface area (Å²) in [6.45, 7) is 0. The summed E-state index contributed by atoms with van der Waals surface area (Å²) in [4.78, 5) is 19.6. The van der Waals surface area contributed by atoms with E-state index < -0.39 is 5.97 Å². The predicted octanol–water partition coefficient (Wildman–Crippen LogP) is 4.21. The van der Waals surface area contributed by atoms with Crippen LogP contribution in [0.2, 0.25) is 5.02 Å². The Hall–Kier alpha value is -1.98. The fraction of sp³-hybridized carbons (Fsp3) is 0.0667. The molecule has 0 spiro atoms. The maximum absolute atomic E-state index is 11.1. The molecule has 0 aliphatic rings. The summed E-state index contributed by atoms with van der Waals surface area (Å²) in [7, 11) is 0. The lowest BCUT2D eigenvalue weighted by atomic mass is 10.2. The number of fused-ring (bicyclic) bond motifs is 1. The van der Waals surface area contributed by atoms with Crippen LogP contribution in [-0.4, -0.2) is 21.0 Å². The van der Waals surface area contributed by atoms with E-state index >= 15 is 0 Å². The number of aromatic amines is 1. The molecule has 0 saturated heterocycles. The summed E-state index contributed by atoms with van der Waals surface area (Å²) in [5, 5.41) is 9.30. The predicted molar refractivity (Wildman–Crippen MR) is 84.1 cm³/mol. The third-order valence-electron chi connectivity index (χ3n) is 2.98. The normalized spacial score (nSPS) is 10.9. The van der Waals surface area contributed by atoms with E-state index in [1.807, 2.05) is 30.3 Å². The fourth-order valence-corrected chi connectivity index (χ4v) is 2.99. The molecule has 3 aromatic rings. The van der Waals surface area contributed by atoms with Crippen molar-refractivity contribution in [3.05, 3.63) is 58.9 Å². The quantitative estimate of drug-likeness (QED) is 0.707. The Morgan fingerprint density at radius 1 is 1.29 bits per heavy atom. The first kappa shape index (κ1) is 14.0. The van der Waals surface area contributed by atoms with Crippen LogP contribution < -0.4 is 0 Å². The lowest BCUT2D eigenvalue weighted by Crippen LogP contribution is -1.97. The number of thioether (sulfide) groups is 1. The van der Waals surface area contributed by atoms with Gasteiger partial charge in [-0.1, -0.05) is 23.7 Å². The van der Waals surface area contributed by atoms with Crippen molar-refractivity contribution in [2.45, 2.75) is 10.6 Å². The van der Waals surface area contributed by atoms with Gasteiger partial charge in [0.2, 0.25) is 0 Å². The van der Waals surface area contributed by atoms with E-state index in [-0.39, 0.29) is 10.6 Å². The molecule has 3 rings (SSSR count). The second-order valence-electron chi connectivity index (χ2n) is 4.44. The number of hydrogen-bond acceptors (Lipinski definition) is 3. The van der Waals surface area contributed by atoms with Crippen molar-refractivity contribution in [1.29, 1.82) is 0 Å². The van der Waals surface area contributed by atoms with E-state index in [1.165, 1.54) is 11.8 Å². The van der Waals surface area contributed by atoms with Crippen molar-refractivity contribution in [1.82, 2.24) is 9.97 Å². The van der Waals surface area contributed by atoms with Gasteiger partial charge >= 0.3 is 5.97 Å². The molecular weight excluding hydrogens is 308 g/mol. The number of hydrogen-bond donors (Lipinski definition) is 2. The van der Waals surface area contributed by atoms with Gasteiger partial charge in [-0.2, -0.15) is 0 Å². The van der Waals surface area contributed by atoms with Gasteiger partial charge in [-0.15, -0.1) is 11.8 Å². The number of H-pyrrole nitrogens is 1. The molecule has 2 N–H and O–H groups in total. The van der Waals surface area contributed by atoms with E-state index in [1.54, 1.807) is 12.1 Å². The second-order valence-corrected chi connectivity index (χ2v) is 5.89. The smallest absolute Gasteiger partial charge is 0.337 e. The first-order valence-corrected chi connectivity index (χ1v) is 7.59. The van der Waals surface area contributed by atoms with Crippen LogP contribution in [0, 0.1) is 0 Å². The highest BCUT2D eigenvalue weighted by Crippen LogP contribution is 2.27. The van der Waals surface area contributed by atoms with Crippen molar-refractivity contribution in [2.75, 3.05) is 0 Å². The number of aromatic carboxylic acids is 1. The number of para-hydroxylation sites is 2. The first-order chi connectivity index (χ1) is 10.1. The van der Waals surface area contributed by atoms with Crippen LogP contribution in [0.3, 0.4) is 0 Å². The topological polar surface area (TPSA) is 66.0 Å². The van der Waals surface area contributed by atoms with Crippen LogP contribution in [0.25, 0.3) is 11.0 Å². The highest BCUT2D eigenvalue weighted by molar-refractivity contribution is 7.98. The van der Waals surface area contributed by atoms with E-state index in [4.69, 9.17) is 16.7 Å². The monoisotopic (exact) mass is 318 g/mol. The van der Waals surface area contributed by atoms with Gasteiger partial charge in [0.1, 0.15) is 5.82 Å².